The largest absolute Gasteiger partial charge is 0.484 e. The average Bonchev–Trinajstić information content (AvgIpc) is 2.83. The van der Waals surface area contributed by atoms with Crippen molar-refractivity contribution < 1.29 is 9.53 Å². The number of Topliss-reactive ketones (excluding diaryl/α,β-unsaturated/α-hetero) is 1. The van der Waals surface area contributed by atoms with Crippen molar-refractivity contribution in [1.29, 1.82) is 5.26 Å². The molecule has 1 aromatic carbocycles. The Bertz CT molecular complexity index is 663. The fourth-order valence-electron chi connectivity index (χ4n) is 1.41. The van der Waals surface area contributed by atoms with Gasteiger partial charge in [0.2, 0.25) is 5.78 Å². The van der Waals surface area contributed by atoms with Gasteiger partial charge in [-0.3, -0.25) is 4.79 Å². The van der Waals surface area contributed by atoms with E-state index in [1.54, 1.807) is 30.3 Å². The molecule has 3 nitrogen and oxygen atoms in total. The van der Waals surface area contributed by atoms with E-state index in [0.29, 0.717) is 15.6 Å². The lowest BCUT2D eigenvalue weighted by Crippen LogP contribution is -2.10. The number of hydrogen-bond donors (Lipinski definition) is 0. The van der Waals surface area contributed by atoms with Gasteiger partial charge in [0, 0.05) is 0 Å². The van der Waals surface area contributed by atoms with Gasteiger partial charge in [0.1, 0.15) is 17.4 Å². The lowest BCUT2D eigenvalue weighted by molar-refractivity contribution is 0.0925. The summed E-state index contributed by atoms with van der Waals surface area (Å²) >= 11 is 10.5. The molecule has 1 heterocycles. The van der Waals surface area contributed by atoms with Crippen molar-refractivity contribution in [3.63, 3.8) is 0 Å². The molecule has 0 aliphatic carbocycles. The molecule has 0 N–H and O–H groups in total. The number of thiophene rings is 1. The average molecular weight is 357 g/mol. The van der Waals surface area contributed by atoms with Gasteiger partial charge < -0.3 is 4.74 Å². The van der Waals surface area contributed by atoms with Crippen molar-refractivity contribution >= 4 is 44.7 Å². The highest BCUT2D eigenvalue weighted by Gasteiger charge is 2.12. The third kappa shape index (κ3) is 3.35. The molecule has 0 aliphatic heterocycles. The summed E-state index contributed by atoms with van der Waals surface area (Å²) in [6.45, 7) is -0.123. The molecule has 6 heteroatoms. The Kier molecular flexibility index (Phi) is 4.59. The van der Waals surface area contributed by atoms with Crippen molar-refractivity contribution in [1.82, 2.24) is 0 Å². The lowest BCUT2D eigenvalue weighted by Gasteiger charge is -2.07. The van der Waals surface area contributed by atoms with Crippen molar-refractivity contribution in [2.24, 2.45) is 0 Å². The summed E-state index contributed by atoms with van der Waals surface area (Å²) in [5.41, 5.74) is 0.240. The molecule has 0 unspecified atom stereocenters. The lowest BCUT2D eigenvalue weighted by atomic mass is 10.2. The quantitative estimate of drug-likeness (QED) is 0.768. The minimum atomic E-state index is -0.139. The van der Waals surface area contributed by atoms with E-state index in [1.807, 2.05) is 6.07 Å². The van der Waals surface area contributed by atoms with Crippen LogP contribution in [0, 0.1) is 11.3 Å². The Morgan fingerprint density at radius 1 is 1.42 bits per heavy atom. The highest BCUT2D eigenvalue weighted by molar-refractivity contribution is 9.11. The van der Waals surface area contributed by atoms with Gasteiger partial charge in [-0.1, -0.05) is 17.7 Å². The van der Waals surface area contributed by atoms with Crippen LogP contribution in [-0.4, -0.2) is 12.4 Å². The predicted molar refractivity (Wildman–Crippen MR) is 78.0 cm³/mol. The molecular weight excluding hydrogens is 350 g/mol. The van der Waals surface area contributed by atoms with Crippen LogP contribution in [0.15, 0.2) is 34.1 Å². The zero-order valence-electron chi connectivity index (χ0n) is 9.52. The zero-order chi connectivity index (χ0) is 13.8. The number of nitriles is 1. The number of nitrogens with zero attached hydrogens (tertiary/aromatic N) is 1. The van der Waals surface area contributed by atoms with Gasteiger partial charge in [0.15, 0.2) is 6.61 Å². The Morgan fingerprint density at radius 2 is 2.21 bits per heavy atom. The number of ketones is 1. The molecule has 0 radical (unpaired) electrons. The number of carbonyl (C=O) groups excluding carboxylic acids is 1. The van der Waals surface area contributed by atoms with Crippen LogP contribution in [0.2, 0.25) is 5.02 Å². The number of hydrogen-bond acceptors (Lipinski definition) is 4. The molecule has 96 valence electrons. The number of benzene rings is 1. The van der Waals surface area contributed by atoms with Gasteiger partial charge in [-0.15, -0.1) is 11.3 Å². The third-order valence-corrected chi connectivity index (χ3v) is 4.27. The van der Waals surface area contributed by atoms with Crippen LogP contribution in [0.25, 0.3) is 0 Å². The van der Waals surface area contributed by atoms with Gasteiger partial charge in [-0.05, 0) is 40.2 Å². The first-order chi connectivity index (χ1) is 9.11. The van der Waals surface area contributed by atoms with Crippen molar-refractivity contribution in [3.8, 4) is 11.8 Å². The minimum absolute atomic E-state index is 0.123. The van der Waals surface area contributed by atoms with Crippen LogP contribution < -0.4 is 4.74 Å². The molecule has 2 aromatic rings. The standard InChI is InChI=1S/C13H7BrClNO2S/c14-13-5-4-12(19-13)10(17)7-18-11-3-1-2-9(15)8(11)6-16/h1-5H,7H2. The van der Waals surface area contributed by atoms with Crippen molar-refractivity contribution in [2.75, 3.05) is 6.61 Å². The topological polar surface area (TPSA) is 50.1 Å². The van der Waals surface area contributed by atoms with Crippen molar-refractivity contribution in [2.45, 2.75) is 0 Å². The second-order valence-electron chi connectivity index (χ2n) is 3.54. The summed E-state index contributed by atoms with van der Waals surface area (Å²) in [6.07, 6.45) is 0. The number of carbonyl (C=O) groups is 1. The van der Waals surface area contributed by atoms with Crippen LogP contribution >= 0.6 is 38.9 Å². The molecule has 0 bridgehead atoms. The molecule has 1 aromatic heterocycles. The maximum Gasteiger partial charge on any atom is 0.210 e. The summed E-state index contributed by atoms with van der Waals surface area (Å²) in [5, 5.41) is 9.29. The molecule has 0 saturated heterocycles. The predicted octanol–water partition coefficient (Wildman–Crippen LogP) is 4.30. The first kappa shape index (κ1) is 14.1. The normalized spacial score (nSPS) is 9.95. The van der Waals surface area contributed by atoms with Gasteiger partial charge in [-0.2, -0.15) is 5.26 Å². The Balaban J connectivity index is 2.10. The van der Waals surface area contributed by atoms with E-state index in [4.69, 9.17) is 21.6 Å². The molecule has 0 saturated carbocycles. The van der Waals surface area contributed by atoms with Crippen LogP contribution in [0.4, 0.5) is 0 Å². The van der Waals surface area contributed by atoms with E-state index in [9.17, 15) is 4.79 Å². The summed E-state index contributed by atoms with van der Waals surface area (Å²) in [6, 6.07) is 10.4. The van der Waals surface area contributed by atoms with Crippen LogP contribution in [0.1, 0.15) is 15.2 Å². The van der Waals surface area contributed by atoms with E-state index in [-0.39, 0.29) is 18.0 Å². The molecule has 0 amide bonds. The van der Waals surface area contributed by atoms with Crippen LogP contribution in [0.3, 0.4) is 0 Å². The maximum atomic E-state index is 11.9. The zero-order valence-corrected chi connectivity index (χ0v) is 12.7. The second kappa shape index (κ2) is 6.20. The summed E-state index contributed by atoms with van der Waals surface area (Å²) in [5.74, 6) is 0.179. The van der Waals surface area contributed by atoms with Crippen LogP contribution in [-0.2, 0) is 0 Å². The van der Waals surface area contributed by atoms with E-state index in [2.05, 4.69) is 15.9 Å². The van der Waals surface area contributed by atoms with Gasteiger partial charge in [0.25, 0.3) is 0 Å². The molecule has 0 aliphatic rings. The van der Waals surface area contributed by atoms with Gasteiger partial charge >= 0.3 is 0 Å². The van der Waals surface area contributed by atoms with E-state index in [0.717, 1.165) is 3.79 Å². The highest BCUT2D eigenvalue weighted by Crippen LogP contribution is 2.26. The van der Waals surface area contributed by atoms with Gasteiger partial charge in [0.05, 0.1) is 13.7 Å². The number of ether oxygens (including phenoxy) is 1. The molecule has 19 heavy (non-hydrogen) atoms. The number of halogens is 2. The molecular formula is C13H7BrClNO2S. The van der Waals surface area contributed by atoms with E-state index < -0.39 is 0 Å². The first-order valence-electron chi connectivity index (χ1n) is 5.21. The monoisotopic (exact) mass is 355 g/mol. The minimum Gasteiger partial charge on any atom is -0.484 e. The maximum absolute atomic E-state index is 11.9. The summed E-state index contributed by atoms with van der Waals surface area (Å²) < 4.78 is 6.25. The molecule has 0 spiro atoms. The first-order valence-corrected chi connectivity index (χ1v) is 7.20. The van der Waals surface area contributed by atoms with Crippen molar-refractivity contribution in [3.05, 3.63) is 49.6 Å². The summed E-state index contributed by atoms with van der Waals surface area (Å²) in [7, 11) is 0. The van der Waals surface area contributed by atoms with Crippen LogP contribution in [0.5, 0.6) is 5.75 Å². The van der Waals surface area contributed by atoms with Gasteiger partial charge in [-0.25, -0.2) is 0 Å². The molecule has 2 rings (SSSR count). The molecule has 0 fully saturated rings. The SMILES string of the molecule is N#Cc1c(Cl)cccc1OCC(=O)c1ccc(Br)s1. The number of rotatable bonds is 4. The smallest absolute Gasteiger partial charge is 0.210 e. The Hall–Kier alpha value is -1.35. The highest BCUT2D eigenvalue weighted by atomic mass is 79.9. The molecule has 0 atom stereocenters. The summed E-state index contributed by atoms with van der Waals surface area (Å²) in [4.78, 5) is 12.5. The fraction of sp³-hybridized carbons (Fsp3) is 0.0769. The third-order valence-electron chi connectivity index (χ3n) is 2.29. The second-order valence-corrected chi connectivity index (χ2v) is 6.41. The Labute approximate surface area is 127 Å². The Morgan fingerprint density at radius 3 is 2.84 bits per heavy atom. The fourth-order valence-corrected chi connectivity index (χ4v) is 2.93. The van der Waals surface area contributed by atoms with E-state index in [1.165, 1.54) is 11.3 Å². The van der Waals surface area contributed by atoms with E-state index >= 15 is 0 Å².